The van der Waals surface area contributed by atoms with Crippen LogP contribution < -0.4 is 15.7 Å². The van der Waals surface area contributed by atoms with E-state index in [0.717, 1.165) is 35.4 Å². The summed E-state index contributed by atoms with van der Waals surface area (Å²) in [4.78, 5) is 25.4. The maximum atomic E-state index is 15.1. The average Bonchev–Trinajstić information content (AvgIpc) is 3.05. The van der Waals surface area contributed by atoms with Crippen molar-refractivity contribution in [1.82, 2.24) is 14.3 Å². The summed E-state index contributed by atoms with van der Waals surface area (Å²) in [6.45, 7) is 5.52. The van der Waals surface area contributed by atoms with Gasteiger partial charge in [0, 0.05) is 19.5 Å². The Hall–Kier alpha value is -3.56. The molecule has 0 spiro atoms. The summed E-state index contributed by atoms with van der Waals surface area (Å²) in [6, 6.07) is 5.20. The maximum Gasteiger partial charge on any atom is 0.350 e. The first kappa shape index (κ1) is 24.1. The molecule has 0 saturated carbocycles. The molecule has 176 valence electrons. The van der Waals surface area contributed by atoms with Crippen molar-refractivity contribution in [2.24, 2.45) is 7.05 Å². The number of aromatic nitrogens is 3. The first-order valence-electron chi connectivity index (χ1n) is 10.6. The molecule has 0 aliphatic heterocycles. The van der Waals surface area contributed by atoms with Crippen LogP contribution in [0.3, 0.4) is 0 Å². The Bertz CT molecular complexity index is 1220. The molecule has 1 aromatic heterocycles. The van der Waals surface area contributed by atoms with Gasteiger partial charge in [0.15, 0.2) is 0 Å². The van der Waals surface area contributed by atoms with Gasteiger partial charge in [0.1, 0.15) is 40.4 Å². The molecule has 1 atom stereocenters. The second kappa shape index (κ2) is 9.93. The topological polar surface area (TPSA) is 78.2 Å². The fourth-order valence-corrected chi connectivity index (χ4v) is 3.40. The molecule has 0 aliphatic carbocycles. The van der Waals surface area contributed by atoms with Crippen molar-refractivity contribution in [3.63, 3.8) is 0 Å². The van der Waals surface area contributed by atoms with Gasteiger partial charge in [-0.3, -0.25) is 9.36 Å². The fourth-order valence-electron chi connectivity index (χ4n) is 3.40. The number of carbonyl (C=O) groups is 1. The van der Waals surface area contributed by atoms with E-state index in [9.17, 15) is 18.4 Å². The lowest BCUT2D eigenvalue weighted by Crippen LogP contribution is -2.24. The summed E-state index contributed by atoms with van der Waals surface area (Å²) in [5.74, 6) is -3.45. The number of ether oxygens (including phenoxy) is 1. The van der Waals surface area contributed by atoms with Gasteiger partial charge < -0.3 is 10.1 Å². The minimum atomic E-state index is -0.977. The number of nitrogens with zero attached hydrogens (tertiary/aromatic N) is 3. The van der Waals surface area contributed by atoms with Crippen molar-refractivity contribution in [3.05, 3.63) is 69.7 Å². The molecule has 3 rings (SSSR count). The van der Waals surface area contributed by atoms with Crippen LogP contribution in [-0.4, -0.2) is 26.4 Å². The Kier molecular flexibility index (Phi) is 7.25. The summed E-state index contributed by atoms with van der Waals surface area (Å²) in [5, 5.41) is 6.29. The molecule has 7 nitrogen and oxygen atoms in total. The Morgan fingerprint density at radius 1 is 1.15 bits per heavy atom. The Morgan fingerprint density at radius 2 is 1.82 bits per heavy atom. The van der Waals surface area contributed by atoms with Crippen molar-refractivity contribution in [3.8, 4) is 11.4 Å². The first-order valence-corrected chi connectivity index (χ1v) is 10.6. The van der Waals surface area contributed by atoms with E-state index in [2.05, 4.69) is 10.4 Å². The Labute approximate surface area is 188 Å². The van der Waals surface area contributed by atoms with Gasteiger partial charge in [0.2, 0.25) is 0 Å². The predicted molar refractivity (Wildman–Crippen MR) is 117 cm³/mol. The van der Waals surface area contributed by atoms with Crippen molar-refractivity contribution >= 4 is 11.6 Å². The van der Waals surface area contributed by atoms with E-state index in [0.29, 0.717) is 18.7 Å². The molecule has 10 heteroatoms. The number of halogens is 3. The zero-order valence-electron chi connectivity index (χ0n) is 18.8. The highest BCUT2D eigenvalue weighted by Crippen LogP contribution is 2.28. The molecule has 0 fully saturated rings. The van der Waals surface area contributed by atoms with Gasteiger partial charge in [0.05, 0.1) is 11.7 Å². The molecule has 0 aliphatic rings. The number of amides is 1. The van der Waals surface area contributed by atoms with Crippen LogP contribution in [0.2, 0.25) is 0 Å². The van der Waals surface area contributed by atoms with Gasteiger partial charge in [-0.25, -0.2) is 18.0 Å². The second-order valence-corrected chi connectivity index (χ2v) is 7.59. The second-order valence-electron chi connectivity index (χ2n) is 7.59. The molecule has 1 amide bonds. The minimum absolute atomic E-state index is 0.0443. The molecule has 33 heavy (non-hydrogen) atoms. The standard InChI is InChI=1S/C23H25F3N4O3/c1-5-8-13(3)33-19-12-18(30-23(32)29(4)20(6-2)28-30)17(26)11-14(19)22(31)27-21-15(24)9-7-10-16(21)25/h7,9-13H,5-6,8H2,1-4H3,(H,27,31)/t13-/m0/s1. The molecule has 1 N–H and O–H groups in total. The molecule has 0 saturated heterocycles. The van der Waals surface area contributed by atoms with Crippen LogP contribution in [0.15, 0.2) is 35.1 Å². The third kappa shape index (κ3) is 4.94. The summed E-state index contributed by atoms with van der Waals surface area (Å²) in [5.41, 5.74) is -1.71. The first-order chi connectivity index (χ1) is 15.7. The molecule has 0 bridgehead atoms. The van der Waals surface area contributed by atoms with Gasteiger partial charge in [-0.05, 0) is 31.5 Å². The number of anilines is 1. The molecule has 0 unspecified atom stereocenters. The van der Waals surface area contributed by atoms with E-state index in [1.165, 1.54) is 17.7 Å². The largest absolute Gasteiger partial charge is 0.490 e. The smallest absolute Gasteiger partial charge is 0.350 e. The molecule has 3 aromatic rings. The number of carbonyl (C=O) groups excluding carboxylic acids is 1. The van der Waals surface area contributed by atoms with Crippen molar-refractivity contribution in [2.45, 2.75) is 46.1 Å². The molecule has 0 radical (unpaired) electrons. The van der Waals surface area contributed by atoms with Crippen LogP contribution in [0.25, 0.3) is 5.69 Å². The van der Waals surface area contributed by atoms with Crippen LogP contribution in [0.5, 0.6) is 5.75 Å². The van der Waals surface area contributed by atoms with Gasteiger partial charge in [-0.2, -0.15) is 4.68 Å². The number of aryl methyl sites for hydroxylation is 1. The lowest BCUT2D eigenvalue weighted by molar-refractivity contribution is 0.101. The highest BCUT2D eigenvalue weighted by molar-refractivity contribution is 6.06. The summed E-state index contributed by atoms with van der Waals surface area (Å²) < 4.78 is 51.2. The summed E-state index contributed by atoms with van der Waals surface area (Å²) >= 11 is 0. The van der Waals surface area contributed by atoms with E-state index >= 15 is 4.39 Å². The van der Waals surface area contributed by atoms with Crippen molar-refractivity contribution < 1.29 is 22.7 Å². The number of benzene rings is 2. The van der Waals surface area contributed by atoms with Crippen LogP contribution in [0.1, 0.15) is 49.8 Å². The van der Waals surface area contributed by atoms with E-state index in [4.69, 9.17) is 4.74 Å². The zero-order chi connectivity index (χ0) is 24.3. The van der Waals surface area contributed by atoms with Crippen LogP contribution in [-0.2, 0) is 13.5 Å². The van der Waals surface area contributed by atoms with Crippen LogP contribution in [0.4, 0.5) is 18.9 Å². The van der Waals surface area contributed by atoms with Crippen LogP contribution in [0, 0.1) is 17.5 Å². The number of rotatable bonds is 8. The van der Waals surface area contributed by atoms with Gasteiger partial charge in [-0.15, -0.1) is 5.10 Å². The minimum Gasteiger partial charge on any atom is -0.490 e. The van der Waals surface area contributed by atoms with Gasteiger partial charge in [0.25, 0.3) is 5.91 Å². The van der Waals surface area contributed by atoms with E-state index in [1.54, 1.807) is 13.8 Å². The average molecular weight is 462 g/mol. The van der Waals surface area contributed by atoms with Gasteiger partial charge >= 0.3 is 5.69 Å². The number of hydrogen-bond acceptors (Lipinski definition) is 4. The Balaban J connectivity index is 2.10. The number of nitrogens with one attached hydrogen (secondary N) is 1. The quantitative estimate of drug-likeness (QED) is 0.539. The van der Waals surface area contributed by atoms with E-state index in [1.807, 2.05) is 6.92 Å². The van der Waals surface area contributed by atoms with E-state index < -0.39 is 34.7 Å². The maximum absolute atomic E-state index is 15.1. The molecule has 1 heterocycles. The summed E-state index contributed by atoms with van der Waals surface area (Å²) in [6.07, 6.45) is 1.53. The van der Waals surface area contributed by atoms with Crippen LogP contribution >= 0.6 is 0 Å². The third-order valence-electron chi connectivity index (χ3n) is 5.13. The fraction of sp³-hybridized carbons (Fsp3) is 0.348. The zero-order valence-corrected chi connectivity index (χ0v) is 18.8. The predicted octanol–water partition coefficient (Wildman–Crippen LogP) is 4.37. The summed E-state index contributed by atoms with van der Waals surface area (Å²) in [7, 11) is 1.52. The Morgan fingerprint density at radius 3 is 2.39 bits per heavy atom. The molecular weight excluding hydrogens is 437 g/mol. The van der Waals surface area contributed by atoms with Crippen molar-refractivity contribution in [1.29, 1.82) is 0 Å². The van der Waals surface area contributed by atoms with Crippen molar-refractivity contribution in [2.75, 3.05) is 5.32 Å². The SMILES string of the molecule is CCC[C@H](C)Oc1cc(-n2nc(CC)n(C)c2=O)c(F)cc1C(=O)Nc1c(F)cccc1F. The third-order valence-corrected chi connectivity index (χ3v) is 5.13. The highest BCUT2D eigenvalue weighted by Gasteiger charge is 2.23. The van der Waals surface area contributed by atoms with E-state index in [-0.39, 0.29) is 23.1 Å². The highest BCUT2D eigenvalue weighted by atomic mass is 19.1. The lowest BCUT2D eigenvalue weighted by atomic mass is 10.1. The molecular formula is C23H25F3N4O3. The monoisotopic (exact) mass is 462 g/mol. The van der Waals surface area contributed by atoms with Gasteiger partial charge in [-0.1, -0.05) is 26.3 Å². The lowest BCUT2D eigenvalue weighted by Gasteiger charge is -2.18. The number of para-hydroxylation sites is 1. The molecule has 2 aromatic carbocycles. The number of hydrogen-bond donors (Lipinski definition) is 1. The normalized spacial score (nSPS) is 12.0.